The van der Waals surface area contributed by atoms with Crippen molar-refractivity contribution in [3.05, 3.63) is 24.2 Å². The van der Waals surface area contributed by atoms with Crippen molar-refractivity contribution < 1.29 is 13.2 Å². The van der Waals surface area contributed by atoms with E-state index >= 15 is 0 Å². The fraction of sp³-hybridized carbons (Fsp3) is 0.538. The van der Waals surface area contributed by atoms with Crippen LogP contribution in [0.5, 0.6) is 0 Å². The molecule has 1 fully saturated rings. The first-order valence-electron chi connectivity index (χ1n) is 6.71. The molecule has 3 rings (SSSR count). The molecule has 0 amide bonds. The van der Waals surface area contributed by atoms with Crippen LogP contribution in [0.25, 0.3) is 5.52 Å². The largest absolute Gasteiger partial charge is 0.435 e. The highest BCUT2D eigenvalue weighted by atomic mass is 79.9. The van der Waals surface area contributed by atoms with E-state index in [9.17, 15) is 13.2 Å². The summed E-state index contributed by atoms with van der Waals surface area (Å²) in [5.74, 6) is 1.07. The van der Waals surface area contributed by atoms with Gasteiger partial charge in [0.05, 0.1) is 0 Å². The van der Waals surface area contributed by atoms with Gasteiger partial charge < -0.3 is 4.90 Å². The van der Waals surface area contributed by atoms with E-state index in [-0.39, 0.29) is 0 Å². The smallest absolute Gasteiger partial charge is 0.355 e. The third-order valence-corrected chi connectivity index (χ3v) is 4.61. The number of aromatic nitrogens is 3. The minimum Gasteiger partial charge on any atom is -0.355 e. The predicted octanol–water partition coefficient (Wildman–Crippen LogP) is 3.36. The van der Waals surface area contributed by atoms with Gasteiger partial charge in [0.15, 0.2) is 11.5 Å². The SMILES string of the molecule is FC(F)(F)c1cc2c(N3CCCC(CBr)C3)nccn2n1. The van der Waals surface area contributed by atoms with Crippen molar-refractivity contribution in [3.63, 3.8) is 0 Å². The minimum atomic E-state index is -4.44. The summed E-state index contributed by atoms with van der Waals surface area (Å²) in [5, 5.41) is 4.48. The molecule has 0 radical (unpaired) electrons. The Morgan fingerprint density at radius 2 is 2.19 bits per heavy atom. The van der Waals surface area contributed by atoms with E-state index in [0.29, 0.717) is 17.3 Å². The minimum absolute atomic E-state index is 0.403. The van der Waals surface area contributed by atoms with Crippen LogP contribution in [0.1, 0.15) is 18.5 Å². The van der Waals surface area contributed by atoms with E-state index in [4.69, 9.17) is 0 Å². The van der Waals surface area contributed by atoms with Gasteiger partial charge in [-0.15, -0.1) is 0 Å². The molecular formula is C13H14BrF3N4. The number of alkyl halides is 4. The van der Waals surface area contributed by atoms with Gasteiger partial charge in [-0.05, 0) is 18.8 Å². The summed E-state index contributed by atoms with van der Waals surface area (Å²) in [6, 6.07) is 1.07. The molecule has 1 unspecified atom stereocenters. The van der Waals surface area contributed by atoms with Gasteiger partial charge in [-0.2, -0.15) is 18.3 Å². The van der Waals surface area contributed by atoms with Crippen LogP contribution in [0.3, 0.4) is 0 Å². The highest BCUT2D eigenvalue weighted by Crippen LogP contribution is 2.32. The summed E-state index contributed by atoms with van der Waals surface area (Å²) in [4.78, 5) is 6.33. The lowest BCUT2D eigenvalue weighted by Gasteiger charge is -2.32. The molecule has 0 aliphatic carbocycles. The highest BCUT2D eigenvalue weighted by Gasteiger charge is 2.35. The van der Waals surface area contributed by atoms with Crippen LogP contribution in [0.4, 0.5) is 19.0 Å². The Labute approximate surface area is 128 Å². The van der Waals surface area contributed by atoms with Gasteiger partial charge in [0.25, 0.3) is 0 Å². The third-order valence-electron chi connectivity index (χ3n) is 3.70. The lowest BCUT2D eigenvalue weighted by atomic mass is 10.0. The van der Waals surface area contributed by atoms with Crippen molar-refractivity contribution in [1.82, 2.24) is 14.6 Å². The number of piperidine rings is 1. The first kappa shape index (κ1) is 14.6. The summed E-state index contributed by atoms with van der Waals surface area (Å²) in [5.41, 5.74) is -0.481. The second-order valence-electron chi connectivity index (χ2n) is 5.22. The summed E-state index contributed by atoms with van der Waals surface area (Å²) in [6.07, 6.45) is 0.633. The van der Waals surface area contributed by atoms with Crippen molar-refractivity contribution in [2.24, 2.45) is 5.92 Å². The maximum atomic E-state index is 12.8. The molecule has 2 aromatic rings. The van der Waals surface area contributed by atoms with Crippen LogP contribution >= 0.6 is 15.9 Å². The molecule has 21 heavy (non-hydrogen) atoms. The number of halogens is 4. The summed E-state index contributed by atoms with van der Waals surface area (Å²) in [6.45, 7) is 1.60. The van der Waals surface area contributed by atoms with E-state index in [1.165, 1.54) is 16.9 Å². The quantitative estimate of drug-likeness (QED) is 0.768. The molecule has 4 nitrogen and oxygen atoms in total. The Hall–Kier alpha value is -1.31. The second-order valence-corrected chi connectivity index (χ2v) is 5.86. The lowest BCUT2D eigenvalue weighted by Crippen LogP contribution is -2.36. The summed E-state index contributed by atoms with van der Waals surface area (Å²) >= 11 is 3.48. The Kier molecular flexibility index (Phi) is 3.81. The maximum Gasteiger partial charge on any atom is 0.435 e. The molecule has 1 saturated heterocycles. The molecule has 0 aromatic carbocycles. The van der Waals surface area contributed by atoms with Crippen molar-refractivity contribution in [2.45, 2.75) is 19.0 Å². The van der Waals surface area contributed by atoms with Gasteiger partial charge in [0, 0.05) is 36.9 Å². The van der Waals surface area contributed by atoms with E-state index < -0.39 is 11.9 Å². The third kappa shape index (κ3) is 2.86. The van der Waals surface area contributed by atoms with E-state index in [0.717, 1.165) is 37.3 Å². The molecule has 8 heteroatoms. The standard InChI is InChI=1S/C13H14BrF3N4/c14-7-9-2-1-4-20(8-9)12-10-6-11(13(15,16)17)19-21(10)5-3-18-12/h3,5-6,9H,1-2,4,7-8H2. The second kappa shape index (κ2) is 5.47. The number of rotatable bonds is 2. The van der Waals surface area contributed by atoms with Gasteiger partial charge in [-0.25, -0.2) is 9.50 Å². The van der Waals surface area contributed by atoms with Crippen LogP contribution in [0, 0.1) is 5.92 Å². The molecule has 0 bridgehead atoms. The average Bonchev–Trinajstić information content (AvgIpc) is 2.91. The van der Waals surface area contributed by atoms with E-state index in [1.807, 2.05) is 4.90 Å². The molecule has 2 aromatic heterocycles. The van der Waals surface area contributed by atoms with Crippen molar-refractivity contribution in [1.29, 1.82) is 0 Å². The average molecular weight is 363 g/mol. The van der Waals surface area contributed by atoms with Crippen molar-refractivity contribution in [2.75, 3.05) is 23.3 Å². The topological polar surface area (TPSA) is 33.4 Å². The van der Waals surface area contributed by atoms with Crippen LogP contribution in [-0.2, 0) is 6.18 Å². The van der Waals surface area contributed by atoms with E-state index in [2.05, 4.69) is 26.0 Å². The molecule has 1 aliphatic rings. The molecule has 0 N–H and O–H groups in total. The van der Waals surface area contributed by atoms with E-state index in [1.54, 1.807) is 0 Å². The number of nitrogens with zero attached hydrogens (tertiary/aromatic N) is 4. The Balaban J connectivity index is 2.00. The van der Waals surface area contributed by atoms with Gasteiger partial charge in [0.2, 0.25) is 0 Å². The first-order chi connectivity index (χ1) is 9.99. The van der Waals surface area contributed by atoms with Crippen LogP contribution < -0.4 is 4.90 Å². The monoisotopic (exact) mass is 362 g/mol. The zero-order valence-electron chi connectivity index (χ0n) is 11.1. The molecule has 1 aliphatic heterocycles. The van der Waals surface area contributed by atoms with Gasteiger partial charge in [-0.1, -0.05) is 15.9 Å². The van der Waals surface area contributed by atoms with Crippen LogP contribution in [-0.4, -0.2) is 33.0 Å². The first-order valence-corrected chi connectivity index (χ1v) is 7.83. The zero-order valence-corrected chi connectivity index (χ0v) is 12.7. The molecule has 0 spiro atoms. The summed E-state index contributed by atoms with van der Waals surface area (Å²) in [7, 11) is 0. The van der Waals surface area contributed by atoms with Crippen molar-refractivity contribution >= 4 is 27.3 Å². The highest BCUT2D eigenvalue weighted by molar-refractivity contribution is 9.09. The van der Waals surface area contributed by atoms with Crippen molar-refractivity contribution in [3.8, 4) is 0 Å². The van der Waals surface area contributed by atoms with Gasteiger partial charge in [0.1, 0.15) is 5.52 Å². The normalized spacial score (nSPS) is 20.2. The Bertz CT molecular complexity index is 640. The molecule has 0 saturated carbocycles. The fourth-order valence-electron chi connectivity index (χ4n) is 2.67. The number of fused-ring (bicyclic) bond motifs is 1. The molecule has 3 heterocycles. The number of hydrogen-bond donors (Lipinski definition) is 0. The fourth-order valence-corrected chi connectivity index (χ4v) is 3.20. The van der Waals surface area contributed by atoms with Crippen LogP contribution in [0.2, 0.25) is 0 Å². The van der Waals surface area contributed by atoms with Gasteiger partial charge in [-0.3, -0.25) is 0 Å². The predicted molar refractivity (Wildman–Crippen MR) is 76.7 cm³/mol. The molecule has 114 valence electrons. The number of hydrogen-bond acceptors (Lipinski definition) is 3. The Morgan fingerprint density at radius 3 is 2.90 bits per heavy atom. The molecular weight excluding hydrogens is 349 g/mol. The number of anilines is 1. The Morgan fingerprint density at radius 1 is 1.38 bits per heavy atom. The molecule has 1 atom stereocenters. The lowest BCUT2D eigenvalue weighted by molar-refractivity contribution is -0.141. The van der Waals surface area contributed by atoms with Gasteiger partial charge >= 0.3 is 6.18 Å². The zero-order chi connectivity index (χ0) is 15.0. The summed E-state index contributed by atoms with van der Waals surface area (Å²) < 4.78 is 39.7. The maximum absolute atomic E-state index is 12.8. The van der Waals surface area contributed by atoms with Crippen LogP contribution in [0.15, 0.2) is 18.5 Å².